The fourth-order valence-corrected chi connectivity index (χ4v) is 1.91. The summed E-state index contributed by atoms with van der Waals surface area (Å²) < 4.78 is 5.12. The molecular weight excluding hydrogens is 166 g/mol. The van der Waals surface area contributed by atoms with E-state index >= 15 is 0 Å². The van der Waals surface area contributed by atoms with Gasteiger partial charge in [-0.2, -0.15) is 0 Å². The molecule has 3 N–H and O–H groups in total. The number of likely N-dealkylation sites (tertiary alicyclic amines) is 1. The van der Waals surface area contributed by atoms with E-state index < -0.39 is 0 Å². The van der Waals surface area contributed by atoms with Crippen molar-refractivity contribution < 1.29 is 4.74 Å². The molecule has 1 aliphatic heterocycles. The van der Waals surface area contributed by atoms with Gasteiger partial charge < -0.3 is 10.5 Å². The molecule has 4 nitrogen and oxygen atoms in total. The smallest absolute Gasteiger partial charge is 0.105 e. The first kappa shape index (κ1) is 10.5. The van der Waals surface area contributed by atoms with Crippen LogP contribution in [-0.4, -0.2) is 44.1 Å². The summed E-state index contributed by atoms with van der Waals surface area (Å²) in [5.41, 5.74) is 5.35. The summed E-state index contributed by atoms with van der Waals surface area (Å²) in [5, 5.41) is 7.20. The number of hydrogen-bond acceptors (Lipinski definition) is 3. The van der Waals surface area contributed by atoms with Crippen molar-refractivity contribution in [3.63, 3.8) is 0 Å². The Morgan fingerprint density at radius 3 is 3.08 bits per heavy atom. The molecule has 13 heavy (non-hydrogen) atoms. The van der Waals surface area contributed by atoms with Crippen molar-refractivity contribution >= 4 is 5.84 Å². The van der Waals surface area contributed by atoms with Gasteiger partial charge in [-0.25, -0.2) is 0 Å². The van der Waals surface area contributed by atoms with E-state index in [0.29, 0.717) is 12.5 Å². The number of ether oxygens (including phenoxy) is 1. The molecule has 0 radical (unpaired) electrons. The fraction of sp³-hybridized carbons (Fsp3) is 0.889. The highest BCUT2D eigenvalue weighted by Crippen LogP contribution is 2.15. The normalized spacial score (nSPS) is 24.5. The second-order valence-corrected chi connectivity index (χ2v) is 3.72. The van der Waals surface area contributed by atoms with Gasteiger partial charge in [0.1, 0.15) is 5.84 Å². The first-order valence-corrected chi connectivity index (χ1v) is 4.76. The Balaban J connectivity index is 2.28. The average molecular weight is 185 g/mol. The van der Waals surface area contributed by atoms with E-state index in [2.05, 4.69) is 4.90 Å². The van der Waals surface area contributed by atoms with Crippen LogP contribution in [0.1, 0.15) is 12.8 Å². The van der Waals surface area contributed by atoms with Gasteiger partial charge in [0.05, 0.1) is 13.2 Å². The number of nitrogens with zero attached hydrogens (tertiary/aromatic N) is 1. The zero-order valence-electron chi connectivity index (χ0n) is 8.25. The van der Waals surface area contributed by atoms with E-state index in [1.54, 1.807) is 7.11 Å². The third kappa shape index (κ3) is 3.74. The van der Waals surface area contributed by atoms with Crippen molar-refractivity contribution in [3.05, 3.63) is 0 Å². The molecule has 0 aliphatic carbocycles. The second kappa shape index (κ2) is 5.19. The quantitative estimate of drug-likeness (QED) is 0.488. The minimum Gasteiger partial charge on any atom is -0.387 e. The molecule has 1 heterocycles. The molecule has 1 atom stereocenters. The minimum absolute atomic E-state index is 0.262. The maximum absolute atomic E-state index is 7.20. The van der Waals surface area contributed by atoms with E-state index in [-0.39, 0.29) is 5.84 Å². The molecular formula is C9H19N3O. The number of hydrogen-bond donors (Lipinski definition) is 2. The van der Waals surface area contributed by atoms with E-state index in [1.807, 2.05) is 0 Å². The average Bonchev–Trinajstić information content (AvgIpc) is 2.04. The summed E-state index contributed by atoms with van der Waals surface area (Å²) in [6.07, 6.45) is 2.43. The van der Waals surface area contributed by atoms with Crippen molar-refractivity contribution in [1.29, 1.82) is 5.41 Å². The third-order valence-corrected chi connectivity index (χ3v) is 2.40. The minimum atomic E-state index is 0.262. The molecule has 0 aromatic rings. The lowest BCUT2D eigenvalue weighted by atomic mass is 9.99. The van der Waals surface area contributed by atoms with E-state index in [1.165, 1.54) is 12.8 Å². The first-order valence-electron chi connectivity index (χ1n) is 4.76. The Morgan fingerprint density at radius 2 is 2.46 bits per heavy atom. The summed E-state index contributed by atoms with van der Waals surface area (Å²) >= 11 is 0. The van der Waals surface area contributed by atoms with Gasteiger partial charge >= 0.3 is 0 Å². The Hall–Kier alpha value is -0.610. The van der Waals surface area contributed by atoms with Gasteiger partial charge in [-0.15, -0.1) is 0 Å². The van der Waals surface area contributed by atoms with Gasteiger partial charge in [-0.3, -0.25) is 10.3 Å². The maximum Gasteiger partial charge on any atom is 0.105 e. The summed E-state index contributed by atoms with van der Waals surface area (Å²) in [6, 6.07) is 0. The number of piperidine rings is 1. The van der Waals surface area contributed by atoms with Crippen molar-refractivity contribution in [3.8, 4) is 0 Å². The van der Waals surface area contributed by atoms with Crippen LogP contribution in [-0.2, 0) is 4.74 Å². The lowest BCUT2D eigenvalue weighted by Gasteiger charge is -2.31. The Labute approximate surface area is 79.6 Å². The topological polar surface area (TPSA) is 62.3 Å². The maximum atomic E-state index is 7.20. The molecule has 0 saturated carbocycles. The lowest BCUT2D eigenvalue weighted by molar-refractivity contribution is 0.0975. The van der Waals surface area contributed by atoms with Crippen molar-refractivity contribution in [2.24, 2.45) is 11.7 Å². The Bertz CT molecular complexity index is 170. The highest BCUT2D eigenvalue weighted by atomic mass is 16.5. The van der Waals surface area contributed by atoms with Gasteiger partial charge in [0.15, 0.2) is 0 Å². The van der Waals surface area contributed by atoms with Crippen LogP contribution in [0.5, 0.6) is 0 Å². The molecule has 0 amide bonds. The number of rotatable bonds is 4. The standard InChI is InChI=1S/C9H19N3O/c1-13-7-8-3-2-4-12(5-8)6-9(10)11/h8H,2-7H2,1H3,(H3,10,11). The highest BCUT2D eigenvalue weighted by molar-refractivity contribution is 5.78. The summed E-state index contributed by atoms with van der Waals surface area (Å²) in [5.74, 6) is 0.885. The molecule has 1 unspecified atom stereocenters. The van der Waals surface area contributed by atoms with Crippen molar-refractivity contribution in [2.45, 2.75) is 12.8 Å². The van der Waals surface area contributed by atoms with Crippen LogP contribution in [0.4, 0.5) is 0 Å². The van der Waals surface area contributed by atoms with E-state index in [0.717, 1.165) is 19.7 Å². The van der Waals surface area contributed by atoms with Crippen LogP contribution in [0.3, 0.4) is 0 Å². The van der Waals surface area contributed by atoms with Crippen LogP contribution in [0.2, 0.25) is 0 Å². The molecule has 76 valence electrons. The van der Waals surface area contributed by atoms with Crippen molar-refractivity contribution in [2.75, 3.05) is 33.4 Å². The number of methoxy groups -OCH3 is 1. The SMILES string of the molecule is COCC1CCCN(CC(=N)N)C1. The van der Waals surface area contributed by atoms with Crippen molar-refractivity contribution in [1.82, 2.24) is 4.90 Å². The predicted octanol–water partition coefficient (Wildman–Crippen LogP) is 0.281. The monoisotopic (exact) mass is 185 g/mol. The highest BCUT2D eigenvalue weighted by Gasteiger charge is 2.19. The molecule has 4 heteroatoms. The number of nitrogens with two attached hydrogens (primary N) is 1. The fourth-order valence-electron chi connectivity index (χ4n) is 1.91. The van der Waals surface area contributed by atoms with E-state index in [9.17, 15) is 0 Å². The second-order valence-electron chi connectivity index (χ2n) is 3.72. The van der Waals surface area contributed by atoms with Gasteiger partial charge in [0.25, 0.3) is 0 Å². The molecule has 1 saturated heterocycles. The van der Waals surface area contributed by atoms with Gasteiger partial charge in [-0.1, -0.05) is 0 Å². The molecule has 1 fully saturated rings. The van der Waals surface area contributed by atoms with Crippen LogP contribution in [0.15, 0.2) is 0 Å². The van der Waals surface area contributed by atoms with Gasteiger partial charge in [0.2, 0.25) is 0 Å². The first-order chi connectivity index (χ1) is 6.22. The predicted molar refractivity (Wildman–Crippen MR) is 53.0 cm³/mol. The summed E-state index contributed by atoms with van der Waals surface area (Å²) in [6.45, 7) is 3.53. The summed E-state index contributed by atoms with van der Waals surface area (Å²) in [4.78, 5) is 2.23. The zero-order chi connectivity index (χ0) is 9.68. The molecule has 0 spiro atoms. The van der Waals surface area contributed by atoms with Crippen LogP contribution in [0.25, 0.3) is 0 Å². The van der Waals surface area contributed by atoms with Crippen LogP contribution < -0.4 is 5.73 Å². The largest absolute Gasteiger partial charge is 0.387 e. The van der Waals surface area contributed by atoms with Gasteiger partial charge in [-0.05, 0) is 25.3 Å². The zero-order valence-corrected chi connectivity index (χ0v) is 8.25. The molecule has 0 aromatic heterocycles. The lowest BCUT2D eigenvalue weighted by Crippen LogP contribution is -2.41. The van der Waals surface area contributed by atoms with E-state index in [4.69, 9.17) is 15.9 Å². The van der Waals surface area contributed by atoms with Crippen LogP contribution in [0, 0.1) is 11.3 Å². The Morgan fingerprint density at radius 1 is 1.69 bits per heavy atom. The molecule has 0 bridgehead atoms. The molecule has 1 aliphatic rings. The number of amidine groups is 1. The van der Waals surface area contributed by atoms with Gasteiger partial charge in [0, 0.05) is 13.7 Å². The summed E-state index contributed by atoms with van der Waals surface area (Å²) in [7, 11) is 1.74. The number of nitrogens with one attached hydrogen (secondary N) is 1. The molecule has 1 rings (SSSR count). The third-order valence-electron chi connectivity index (χ3n) is 2.40. The Kier molecular flexibility index (Phi) is 4.18. The van der Waals surface area contributed by atoms with Crippen LogP contribution >= 0.6 is 0 Å². The molecule has 0 aromatic carbocycles.